The van der Waals surface area contributed by atoms with Gasteiger partial charge < -0.3 is 4.90 Å². The minimum atomic E-state index is -0.263. The molecule has 2 saturated heterocycles. The zero-order chi connectivity index (χ0) is 17.6. The van der Waals surface area contributed by atoms with Crippen LogP contribution >= 0.6 is 0 Å². The highest BCUT2D eigenvalue weighted by Gasteiger charge is 2.42. The highest BCUT2D eigenvalue weighted by atomic mass is 16.2. The Morgan fingerprint density at radius 2 is 1.76 bits per heavy atom. The predicted octanol–water partition coefficient (Wildman–Crippen LogP) is -0.244. The molecule has 3 heterocycles. The van der Waals surface area contributed by atoms with E-state index in [1.807, 2.05) is 0 Å². The second kappa shape index (κ2) is 5.80. The summed E-state index contributed by atoms with van der Waals surface area (Å²) >= 11 is 0. The van der Waals surface area contributed by atoms with Crippen molar-refractivity contribution in [2.75, 3.05) is 13.1 Å². The number of aromatic nitrogens is 2. The molecule has 0 N–H and O–H groups in total. The maximum atomic E-state index is 12.4. The van der Waals surface area contributed by atoms with Crippen molar-refractivity contribution in [2.45, 2.75) is 25.4 Å². The summed E-state index contributed by atoms with van der Waals surface area (Å²) in [6.45, 7) is 0.545. The number of imide groups is 1. The Bertz CT molecular complexity index is 929. The van der Waals surface area contributed by atoms with Gasteiger partial charge in [-0.1, -0.05) is 12.1 Å². The van der Waals surface area contributed by atoms with Crippen LogP contribution < -0.4 is 5.56 Å². The van der Waals surface area contributed by atoms with E-state index in [4.69, 9.17) is 0 Å². The van der Waals surface area contributed by atoms with Gasteiger partial charge in [0.15, 0.2) is 0 Å². The molecule has 2 aliphatic heterocycles. The number of para-hydroxylation sites is 1. The summed E-state index contributed by atoms with van der Waals surface area (Å²) in [5, 5.41) is 0.465. The van der Waals surface area contributed by atoms with Crippen molar-refractivity contribution in [3.8, 4) is 0 Å². The molecule has 8 nitrogen and oxygen atoms in total. The van der Waals surface area contributed by atoms with Gasteiger partial charge in [-0.2, -0.15) is 0 Å². The fourth-order valence-corrected chi connectivity index (χ4v) is 3.29. The highest BCUT2D eigenvalue weighted by molar-refractivity contribution is 6.02. The van der Waals surface area contributed by atoms with Gasteiger partial charge in [-0.15, -0.1) is 0 Å². The Kier molecular flexibility index (Phi) is 3.60. The Hall–Kier alpha value is -3.03. The molecule has 0 unspecified atom stereocenters. The molecule has 2 aromatic rings. The molecule has 3 amide bonds. The molecule has 2 aliphatic rings. The first-order chi connectivity index (χ1) is 12.0. The van der Waals surface area contributed by atoms with Crippen molar-refractivity contribution in [3.63, 3.8) is 0 Å². The molecule has 0 spiro atoms. The average molecular weight is 340 g/mol. The monoisotopic (exact) mass is 340 g/mol. The van der Waals surface area contributed by atoms with Gasteiger partial charge in [0.25, 0.3) is 5.56 Å². The number of amides is 3. The van der Waals surface area contributed by atoms with E-state index in [-0.39, 0.29) is 48.7 Å². The Labute approximate surface area is 142 Å². The molecule has 0 aliphatic carbocycles. The number of nitrogens with zero attached hydrogens (tertiary/aromatic N) is 4. The molecule has 1 aromatic carbocycles. The smallest absolute Gasteiger partial charge is 0.261 e. The zero-order valence-electron chi connectivity index (χ0n) is 13.4. The van der Waals surface area contributed by atoms with Crippen LogP contribution in [-0.4, -0.2) is 56.2 Å². The molecule has 0 saturated carbocycles. The lowest BCUT2D eigenvalue weighted by Gasteiger charge is -2.43. The number of hydrogen-bond acceptors (Lipinski definition) is 5. The molecule has 0 radical (unpaired) electrons. The minimum absolute atomic E-state index is 0.106. The van der Waals surface area contributed by atoms with E-state index >= 15 is 0 Å². The predicted molar refractivity (Wildman–Crippen MR) is 87.5 cm³/mol. The van der Waals surface area contributed by atoms with Crippen LogP contribution in [0.5, 0.6) is 0 Å². The summed E-state index contributed by atoms with van der Waals surface area (Å²) in [6, 6.07) is 6.73. The van der Waals surface area contributed by atoms with Gasteiger partial charge >= 0.3 is 0 Å². The zero-order valence-corrected chi connectivity index (χ0v) is 13.4. The number of carbonyl (C=O) groups is 3. The number of fused-ring (bicyclic) bond motifs is 1. The fourth-order valence-electron chi connectivity index (χ4n) is 3.29. The second-order valence-electron chi connectivity index (χ2n) is 6.30. The lowest BCUT2D eigenvalue weighted by atomic mass is 10.1. The molecule has 0 bridgehead atoms. The summed E-state index contributed by atoms with van der Waals surface area (Å²) in [4.78, 5) is 55.2. The van der Waals surface area contributed by atoms with Gasteiger partial charge in [0, 0.05) is 25.9 Å². The number of likely N-dealkylation sites (tertiary alicyclic amines) is 2. The van der Waals surface area contributed by atoms with E-state index in [0.717, 1.165) is 0 Å². The third kappa shape index (κ3) is 2.59. The number of hydrogen-bond donors (Lipinski definition) is 0. The standard InChI is InChI=1S/C17H16N4O4/c22-14-5-6-15(23)21(14)11-7-19(8-11)16(24)9-20-10-18-13-4-2-1-3-12(13)17(20)25/h1-4,10-11H,5-9H2. The van der Waals surface area contributed by atoms with Gasteiger partial charge in [-0.3, -0.25) is 28.6 Å². The van der Waals surface area contributed by atoms with E-state index in [2.05, 4.69) is 4.98 Å². The van der Waals surface area contributed by atoms with E-state index in [1.165, 1.54) is 15.8 Å². The summed E-state index contributed by atoms with van der Waals surface area (Å²) < 4.78 is 1.28. The molecular weight excluding hydrogens is 324 g/mol. The molecular formula is C17H16N4O4. The average Bonchev–Trinajstić information content (AvgIpc) is 2.89. The summed E-state index contributed by atoms with van der Waals surface area (Å²) in [7, 11) is 0. The van der Waals surface area contributed by atoms with Crippen molar-refractivity contribution in [3.05, 3.63) is 40.9 Å². The largest absolute Gasteiger partial charge is 0.337 e. The fraction of sp³-hybridized carbons (Fsp3) is 0.353. The van der Waals surface area contributed by atoms with Crippen molar-refractivity contribution in [1.82, 2.24) is 19.4 Å². The van der Waals surface area contributed by atoms with Crippen molar-refractivity contribution < 1.29 is 14.4 Å². The minimum Gasteiger partial charge on any atom is -0.337 e. The number of rotatable bonds is 3. The van der Waals surface area contributed by atoms with E-state index in [9.17, 15) is 19.2 Å². The third-order valence-electron chi connectivity index (χ3n) is 4.71. The number of benzene rings is 1. The molecule has 4 rings (SSSR count). The normalized spacial score (nSPS) is 18.1. The second-order valence-corrected chi connectivity index (χ2v) is 6.30. The summed E-state index contributed by atoms with van der Waals surface area (Å²) in [5.74, 6) is -0.566. The summed E-state index contributed by atoms with van der Waals surface area (Å²) in [5.41, 5.74) is 0.326. The van der Waals surface area contributed by atoms with Crippen molar-refractivity contribution in [2.24, 2.45) is 0 Å². The Morgan fingerprint density at radius 3 is 2.48 bits per heavy atom. The lowest BCUT2D eigenvalue weighted by Crippen LogP contribution is -2.62. The van der Waals surface area contributed by atoms with Gasteiger partial charge in [0.1, 0.15) is 6.54 Å². The first-order valence-electron chi connectivity index (χ1n) is 8.11. The van der Waals surface area contributed by atoms with E-state index in [0.29, 0.717) is 24.0 Å². The van der Waals surface area contributed by atoms with Crippen LogP contribution in [0.3, 0.4) is 0 Å². The Balaban J connectivity index is 1.44. The van der Waals surface area contributed by atoms with Crippen LogP contribution in [0.4, 0.5) is 0 Å². The van der Waals surface area contributed by atoms with Crippen molar-refractivity contribution in [1.29, 1.82) is 0 Å². The quantitative estimate of drug-likeness (QED) is 0.719. The van der Waals surface area contributed by atoms with Gasteiger partial charge in [0.2, 0.25) is 17.7 Å². The maximum Gasteiger partial charge on any atom is 0.261 e. The molecule has 8 heteroatoms. The highest BCUT2D eigenvalue weighted by Crippen LogP contribution is 2.22. The molecule has 1 aromatic heterocycles. The van der Waals surface area contributed by atoms with Crippen LogP contribution in [0, 0.1) is 0 Å². The first kappa shape index (κ1) is 15.5. The van der Waals surface area contributed by atoms with Crippen LogP contribution in [0.2, 0.25) is 0 Å². The van der Waals surface area contributed by atoms with E-state index in [1.54, 1.807) is 29.2 Å². The van der Waals surface area contributed by atoms with Gasteiger partial charge in [0.05, 0.1) is 23.3 Å². The Morgan fingerprint density at radius 1 is 1.08 bits per heavy atom. The molecule has 2 fully saturated rings. The van der Waals surface area contributed by atoms with E-state index < -0.39 is 0 Å². The molecule has 25 heavy (non-hydrogen) atoms. The third-order valence-corrected chi connectivity index (χ3v) is 4.71. The summed E-state index contributed by atoms with van der Waals surface area (Å²) in [6.07, 6.45) is 1.87. The van der Waals surface area contributed by atoms with Crippen LogP contribution in [0.15, 0.2) is 35.4 Å². The molecule has 0 atom stereocenters. The molecule has 128 valence electrons. The van der Waals surface area contributed by atoms with Crippen LogP contribution in [-0.2, 0) is 20.9 Å². The van der Waals surface area contributed by atoms with Crippen molar-refractivity contribution >= 4 is 28.6 Å². The SMILES string of the molecule is O=C(Cn1cnc2ccccc2c1=O)N1CC(N2C(=O)CCC2=O)C1. The number of carbonyl (C=O) groups excluding carboxylic acids is 3. The first-order valence-corrected chi connectivity index (χ1v) is 8.11. The van der Waals surface area contributed by atoms with Crippen LogP contribution in [0.25, 0.3) is 10.9 Å². The van der Waals surface area contributed by atoms with Gasteiger partial charge in [-0.05, 0) is 12.1 Å². The van der Waals surface area contributed by atoms with Gasteiger partial charge in [-0.25, -0.2) is 4.98 Å². The maximum absolute atomic E-state index is 12.4. The van der Waals surface area contributed by atoms with Crippen LogP contribution in [0.1, 0.15) is 12.8 Å². The lowest BCUT2D eigenvalue weighted by molar-refractivity contribution is -0.151. The topological polar surface area (TPSA) is 92.6 Å².